The van der Waals surface area contributed by atoms with Gasteiger partial charge >= 0.3 is 0 Å². The van der Waals surface area contributed by atoms with Gasteiger partial charge in [-0.2, -0.15) is 0 Å². The van der Waals surface area contributed by atoms with Crippen LogP contribution in [0.4, 0.5) is 5.69 Å². The molecule has 4 aliphatic rings. The lowest BCUT2D eigenvalue weighted by atomic mass is 9.49. The van der Waals surface area contributed by atoms with Crippen molar-refractivity contribution in [3.63, 3.8) is 0 Å². The van der Waals surface area contributed by atoms with Gasteiger partial charge in [0.05, 0.1) is 5.41 Å². The highest BCUT2D eigenvalue weighted by molar-refractivity contribution is 5.96. The fourth-order valence-electron chi connectivity index (χ4n) is 5.59. The Morgan fingerprint density at radius 3 is 2.24 bits per heavy atom. The van der Waals surface area contributed by atoms with Crippen LogP contribution < -0.4 is 5.32 Å². The Kier molecular flexibility index (Phi) is 3.09. The Labute approximate surface area is 127 Å². The molecule has 0 saturated heterocycles. The third-order valence-electron chi connectivity index (χ3n) is 6.17. The minimum atomic E-state index is -0.0460. The van der Waals surface area contributed by atoms with Gasteiger partial charge in [-0.3, -0.25) is 4.79 Å². The second-order valence-electron chi connectivity index (χ2n) is 7.66. The Morgan fingerprint density at radius 2 is 1.67 bits per heavy atom. The standard InChI is InChI=1S/C19H25NO/c1-2-16-5-3-4-6-17(16)20-18(21)19-10-13-7-14(11-19)9-15(8-13)12-19/h3-6,13-15H,2,7-12H2,1H3,(H,20,21). The number of hydrogen-bond acceptors (Lipinski definition) is 1. The molecule has 2 heteroatoms. The number of amides is 1. The van der Waals surface area contributed by atoms with E-state index in [4.69, 9.17) is 0 Å². The van der Waals surface area contributed by atoms with Crippen LogP contribution in [0.3, 0.4) is 0 Å². The molecule has 0 aromatic heterocycles. The molecule has 112 valence electrons. The third kappa shape index (κ3) is 2.20. The minimum absolute atomic E-state index is 0.0460. The van der Waals surface area contributed by atoms with Gasteiger partial charge in [-0.25, -0.2) is 0 Å². The van der Waals surface area contributed by atoms with Crippen LogP contribution in [0.5, 0.6) is 0 Å². The second kappa shape index (κ2) is 4.86. The Hall–Kier alpha value is -1.31. The van der Waals surface area contributed by atoms with Crippen molar-refractivity contribution in [1.82, 2.24) is 0 Å². The zero-order valence-electron chi connectivity index (χ0n) is 12.9. The SMILES string of the molecule is CCc1ccccc1NC(=O)C12CC3CC(CC(C3)C1)C2. The van der Waals surface area contributed by atoms with Crippen molar-refractivity contribution in [2.45, 2.75) is 51.9 Å². The second-order valence-corrected chi connectivity index (χ2v) is 7.66. The summed E-state index contributed by atoms with van der Waals surface area (Å²) >= 11 is 0. The molecule has 0 heterocycles. The molecule has 0 aliphatic heterocycles. The van der Waals surface area contributed by atoms with Crippen molar-refractivity contribution in [3.05, 3.63) is 29.8 Å². The van der Waals surface area contributed by atoms with Crippen LogP contribution in [-0.4, -0.2) is 5.91 Å². The average molecular weight is 283 g/mol. The number of rotatable bonds is 3. The lowest BCUT2D eigenvalue weighted by molar-refractivity contribution is -0.140. The largest absolute Gasteiger partial charge is 0.325 e. The summed E-state index contributed by atoms with van der Waals surface area (Å²) in [7, 11) is 0. The predicted molar refractivity (Wildman–Crippen MR) is 85.1 cm³/mol. The summed E-state index contributed by atoms with van der Waals surface area (Å²) in [6.45, 7) is 2.15. The van der Waals surface area contributed by atoms with Crippen molar-refractivity contribution >= 4 is 11.6 Å². The highest BCUT2D eigenvalue weighted by Gasteiger charge is 2.54. The van der Waals surface area contributed by atoms with Crippen LogP contribution in [0.1, 0.15) is 51.0 Å². The summed E-state index contributed by atoms with van der Waals surface area (Å²) in [5.74, 6) is 2.78. The molecule has 4 bridgehead atoms. The smallest absolute Gasteiger partial charge is 0.230 e. The van der Waals surface area contributed by atoms with Crippen LogP contribution in [0, 0.1) is 23.2 Å². The molecule has 1 N–H and O–H groups in total. The maximum absolute atomic E-state index is 13.0. The fourth-order valence-corrected chi connectivity index (χ4v) is 5.59. The first-order chi connectivity index (χ1) is 10.2. The summed E-state index contributed by atoms with van der Waals surface area (Å²) in [6.07, 6.45) is 8.54. The highest BCUT2D eigenvalue weighted by Crippen LogP contribution is 2.60. The van der Waals surface area contributed by atoms with Crippen LogP contribution in [0.15, 0.2) is 24.3 Å². The third-order valence-corrected chi connectivity index (χ3v) is 6.17. The van der Waals surface area contributed by atoms with Crippen molar-refractivity contribution < 1.29 is 4.79 Å². The molecule has 21 heavy (non-hydrogen) atoms. The Morgan fingerprint density at radius 1 is 1.10 bits per heavy atom. The van der Waals surface area contributed by atoms with Gasteiger partial charge in [-0.15, -0.1) is 0 Å². The molecular weight excluding hydrogens is 258 g/mol. The Balaban J connectivity index is 1.57. The summed E-state index contributed by atoms with van der Waals surface area (Å²) in [5.41, 5.74) is 2.23. The fraction of sp³-hybridized carbons (Fsp3) is 0.632. The monoisotopic (exact) mass is 283 g/mol. The molecule has 1 aromatic carbocycles. The van der Waals surface area contributed by atoms with Gasteiger partial charge in [0.15, 0.2) is 0 Å². The van der Waals surface area contributed by atoms with Crippen LogP contribution >= 0.6 is 0 Å². The van der Waals surface area contributed by atoms with Crippen molar-refractivity contribution in [3.8, 4) is 0 Å². The lowest BCUT2D eigenvalue weighted by Gasteiger charge is -2.55. The molecule has 0 unspecified atom stereocenters. The number of carbonyl (C=O) groups is 1. The van der Waals surface area contributed by atoms with E-state index >= 15 is 0 Å². The van der Waals surface area contributed by atoms with E-state index in [9.17, 15) is 4.79 Å². The van der Waals surface area contributed by atoms with Crippen molar-refractivity contribution in [1.29, 1.82) is 0 Å². The van der Waals surface area contributed by atoms with E-state index in [0.717, 1.165) is 49.1 Å². The van der Waals surface area contributed by atoms with Gasteiger partial charge in [0.25, 0.3) is 0 Å². The first kappa shape index (κ1) is 13.4. The molecule has 4 fully saturated rings. The topological polar surface area (TPSA) is 29.1 Å². The normalized spacial score (nSPS) is 36.7. The molecule has 2 nitrogen and oxygen atoms in total. The van der Waals surface area contributed by atoms with Gasteiger partial charge in [0, 0.05) is 5.69 Å². The molecule has 5 rings (SSSR count). The molecule has 1 aromatic rings. The Bertz CT molecular complexity index is 527. The first-order valence-corrected chi connectivity index (χ1v) is 8.58. The van der Waals surface area contributed by atoms with Gasteiger partial charge < -0.3 is 5.32 Å². The molecular formula is C19H25NO. The molecule has 4 saturated carbocycles. The van der Waals surface area contributed by atoms with Gasteiger partial charge in [0.2, 0.25) is 5.91 Å². The maximum atomic E-state index is 13.0. The molecule has 0 radical (unpaired) electrons. The molecule has 0 atom stereocenters. The number of aryl methyl sites for hydroxylation is 1. The van der Waals surface area contributed by atoms with Gasteiger partial charge in [-0.1, -0.05) is 25.1 Å². The van der Waals surface area contributed by atoms with E-state index in [0.29, 0.717) is 5.91 Å². The zero-order chi connectivity index (χ0) is 14.4. The highest BCUT2D eigenvalue weighted by atomic mass is 16.2. The predicted octanol–water partition coefficient (Wildman–Crippen LogP) is 4.40. The quantitative estimate of drug-likeness (QED) is 0.875. The number of carbonyl (C=O) groups excluding carboxylic acids is 1. The maximum Gasteiger partial charge on any atom is 0.230 e. The summed E-state index contributed by atoms with van der Waals surface area (Å²) in [6, 6.07) is 8.25. The van der Waals surface area contributed by atoms with Crippen LogP contribution in [0.2, 0.25) is 0 Å². The van der Waals surface area contributed by atoms with Crippen molar-refractivity contribution in [2.75, 3.05) is 5.32 Å². The summed E-state index contributed by atoms with van der Waals surface area (Å²) in [5, 5.41) is 3.28. The zero-order valence-corrected chi connectivity index (χ0v) is 12.9. The number of anilines is 1. The summed E-state index contributed by atoms with van der Waals surface area (Å²) < 4.78 is 0. The average Bonchev–Trinajstić information content (AvgIpc) is 2.46. The van der Waals surface area contributed by atoms with E-state index in [2.05, 4.69) is 30.4 Å². The van der Waals surface area contributed by atoms with Crippen LogP contribution in [-0.2, 0) is 11.2 Å². The number of para-hydroxylation sites is 1. The molecule has 1 amide bonds. The van der Waals surface area contributed by atoms with E-state index in [1.807, 2.05) is 6.07 Å². The van der Waals surface area contributed by atoms with Gasteiger partial charge in [0.1, 0.15) is 0 Å². The van der Waals surface area contributed by atoms with Gasteiger partial charge in [-0.05, 0) is 74.3 Å². The molecule has 0 spiro atoms. The van der Waals surface area contributed by atoms with E-state index in [-0.39, 0.29) is 5.41 Å². The van der Waals surface area contributed by atoms with Crippen LogP contribution in [0.25, 0.3) is 0 Å². The molecule has 4 aliphatic carbocycles. The minimum Gasteiger partial charge on any atom is -0.325 e. The van der Waals surface area contributed by atoms with E-state index < -0.39 is 0 Å². The first-order valence-electron chi connectivity index (χ1n) is 8.58. The lowest BCUT2D eigenvalue weighted by Crippen LogP contribution is -2.51. The number of nitrogens with one attached hydrogen (secondary N) is 1. The number of hydrogen-bond donors (Lipinski definition) is 1. The van der Waals surface area contributed by atoms with E-state index in [1.54, 1.807) is 0 Å². The van der Waals surface area contributed by atoms with Crippen molar-refractivity contribution in [2.24, 2.45) is 23.2 Å². The van der Waals surface area contributed by atoms with E-state index in [1.165, 1.54) is 24.8 Å². The number of benzene rings is 1. The summed E-state index contributed by atoms with van der Waals surface area (Å²) in [4.78, 5) is 13.0.